The van der Waals surface area contributed by atoms with Gasteiger partial charge in [0.25, 0.3) is 0 Å². The highest BCUT2D eigenvalue weighted by molar-refractivity contribution is 5.25. The maximum Gasteiger partial charge on any atom is 0.0755 e. The van der Waals surface area contributed by atoms with Gasteiger partial charge in [-0.1, -0.05) is 45.0 Å². The summed E-state index contributed by atoms with van der Waals surface area (Å²) in [4.78, 5) is 0. The van der Waals surface area contributed by atoms with Crippen LogP contribution in [0.4, 0.5) is 0 Å². The van der Waals surface area contributed by atoms with Crippen LogP contribution in [0.15, 0.2) is 24.3 Å². The third-order valence-electron chi connectivity index (χ3n) is 4.51. The topological polar surface area (TPSA) is 21.3 Å². The van der Waals surface area contributed by atoms with E-state index in [2.05, 4.69) is 50.4 Å². The molecule has 1 N–H and O–H groups in total. The molecule has 1 saturated carbocycles. The van der Waals surface area contributed by atoms with E-state index in [1.807, 2.05) is 7.11 Å². The molecule has 1 aliphatic carbocycles. The molecule has 1 aliphatic rings. The van der Waals surface area contributed by atoms with E-state index in [0.717, 1.165) is 18.9 Å². The Kier molecular flexibility index (Phi) is 6.25. The Morgan fingerprint density at radius 1 is 1.19 bits per heavy atom. The van der Waals surface area contributed by atoms with Crippen LogP contribution in [-0.4, -0.2) is 25.8 Å². The van der Waals surface area contributed by atoms with E-state index in [9.17, 15) is 0 Å². The molecule has 0 radical (unpaired) electrons. The first kappa shape index (κ1) is 16.5. The summed E-state index contributed by atoms with van der Waals surface area (Å²) in [6, 6.07) is 9.56. The molecule has 0 heterocycles. The van der Waals surface area contributed by atoms with E-state index in [-0.39, 0.29) is 0 Å². The third-order valence-corrected chi connectivity index (χ3v) is 4.51. The summed E-state index contributed by atoms with van der Waals surface area (Å²) in [7, 11) is 1.87. The fourth-order valence-electron chi connectivity index (χ4n) is 3.04. The Hall–Kier alpha value is -0.860. The largest absolute Gasteiger partial charge is 0.380 e. The van der Waals surface area contributed by atoms with Gasteiger partial charge in [-0.2, -0.15) is 0 Å². The van der Waals surface area contributed by atoms with Gasteiger partial charge >= 0.3 is 0 Å². The maximum absolute atomic E-state index is 5.81. The van der Waals surface area contributed by atoms with Gasteiger partial charge in [-0.15, -0.1) is 0 Å². The lowest BCUT2D eigenvalue weighted by Crippen LogP contribution is -2.44. The number of hydrogen-bond donors (Lipinski definition) is 1. The summed E-state index contributed by atoms with van der Waals surface area (Å²) < 4.78 is 5.81. The lowest BCUT2D eigenvalue weighted by Gasteiger charge is -2.27. The number of nitrogens with one attached hydrogen (secondary N) is 1. The molecular weight excluding hydrogens is 258 g/mol. The normalized spacial score (nSPS) is 18.0. The Bertz CT molecular complexity index is 408. The van der Waals surface area contributed by atoms with Crippen molar-refractivity contribution in [3.8, 4) is 0 Å². The molecule has 0 aliphatic heterocycles. The van der Waals surface area contributed by atoms with Crippen LogP contribution < -0.4 is 5.32 Å². The van der Waals surface area contributed by atoms with Gasteiger partial charge in [0.05, 0.1) is 6.10 Å². The average Bonchev–Trinajstić information content (AvgIpc) is 3.30. The predicted octanol–water partition coefficient (Wildman–Crippen LogP) is 4.15. The van der Waals surface area contributed by atoms with Crippen LogP contribution >= 0.6 is 0 Å². The molecule has 2 heteroatoms. The number of methoxy groups -OCH3 is 1. The Labute approximate surface area is 130 Å². The summed E-state index contributed by atoms with van der Waals surface area (Å²) in [5.41, 5.74) is 2.83. The van der Waals surface area contributed by atoms with E-state index in [1.165, 1.54) is 30.4 Å². The first-order valence-electron chi connectivity index (χ1n) is 8.50. The van der Waals surface area contributed by atoms with Crippen LogP contribution in [0.3, 0.4) is 0 Å². The lowest BCUT2D eigenvalue weighted by atomic mass is 9.95. The van der Waals surface area contributed by atoms with Crippen LogP contribution in [0.5, 0.6) is 0 Å². The second-order valence-electron chi connectivity index (χ2n) is 6.70. The van der Waals surface area contributed by atoms with Crippen molar-refractivity contribution < 1.29 is 4.74 Å². The molecule has 1 fully saturated rings. The van der Waals surface area contributed by atoms with E-state index < -0.39 is 0 Å². The van der Waals surface area contributed by atoms with Gasteiger partial charge < -0.3 is 10.1 Å². The molecule has 0 bridgehead atoms. The molecule has 118 valence electrons. The van der Waals surface area contributed by atoms with Crippen molar-refractivity contribution in [2.24, 2.45) is 5.92 Å². The summed E-state index contributed by atoms with van der Waals surface area (Å²) >= 11 is 0. The van der Waals surface area contributed by atoms with Crippen molar-refractivity contribution in [3.05, 3.63) is 35.4 Å². The molecular formula is C19H31NO. The van der Waals surface area contributed by atoms with Gasteiger partial charge in [-0.3, -0.25) is 0 Å². The number of hydrogen-bond acceptors (Lipinski definition) is 2. The second kappa shape index (κ2) is 7.95. The van der Waals surface area contributed by atoms with Crippen molar-refractivity contribution >= 4 is 0 Å². The zero-order valence-electron chi connectivity index (χ0n) is 14.1. The van der Waals surface area contributed by atoms with Crippen LogP contribution in [0.2, 0.25) is 0 Å². The third kappa shape index (κ3) is 4.82. The highest BCUT2D eigenvalue weighted by Gasteiger charge is 2.36. The van der Waals surface area contributed by atoms with Crippen molar-refractivity contribution in [3.63, 3.8) is 0 Å². The van der Waals surface area contributed by atoms with Gasteiger partial charge in [-0.05, 0) is 55.2 Å². The van der Waals surface area contributed by atoms with E-state index in [0.29, 0.717) is 18.1 Å². The minimum Gasteiger partial charge on any atom is -0.380 e. The standard InChI is InChI=1S/C19H31NO/c1-5-12-20-18(19(21-4)17-10-11-17)13-15-6-8-16(9-7-15)14(2)3/h6-9,14,17-20H,5,10-13H2,1-4H3. The highest BCUT2D eigenvalue weighted by Crippen LogP contribution is 2.36. The highest BCUT2D eigenvalue weighted by atomic mass is 16.5. The zero-order valence-corrected chi connectivity index (χ0v) is 14.1. The Morgan fingerprint density at radius 2 is 1.86 bits per heavy atom. The fourth-order valence-corrected chi connectivity index (χ4v) is 3.04. The number of benzene rings is 1. The van der Waals surface area contributed by atoms with Gasteiger partial charge in [0, 0.05) is 13.2 Å². The predicted molar refractivity (Wildman–Crippen MR) is 89.8 cm³/mol. The summed E-state index contributed by atoms with van der Waals surface area (Å²) in [6.07, 6.45) is 5.25. The van der Waals surface area contributed by atoms with E-state index >= 15 is 0 Å². The van der Waals surface area contributed by atoms with Crippen molar-refractivity contribution in [2.75, 3.05) is 13.7 Å². The zero-order chi connectivity index (χ0) is 15.2. The number of ether oxygens (including phenoxy) is 1. The number of rotatable bonds is 9. The Balaban J connectivity index is 2.02. The quantitative estimate of drug-likeness (QED) is 0.737. The molecule has 2 atom stereocenters. The van der Waals surface area contributed by atoms with Crippen molar-refractivity contribution in [2.45, 2.75) is 64.5 Å². The van der Waals surface area contributed by atoms with Crippen LogP contribution in [0, 0.1) is 5.92 Å². The average molecular weight is 289 g/mol. The molecule has 2 unspecified atom stereocenters. The van der Waals surface area contributed by atoms with Gasteiger partial charge in [0.15, 0.2) is 0 Å². The molecule has 2 nitrogen and oxygen atoms in total. The SMILES string of the molecule is CCCNC(Cc1ccc(C(C)C)cc1)C(OC)C1CC1. The van der Waals surface area contributed by atoms with Crippen LogP contribution in [0.1, 0.15) is 57.1 Å². The van der Waals surface area contributed by atoms with Crippen molar-refractivity contribution in [1.29, 1.82) is 0 Å². The molecule has 21 heavy (non-hydrogen) atoms. The van der Waals surface area contributed by atoms with Crippen LogP contribution in [0.25, 0.3) is 0 Å². The first-order valence-corrected chi connectivity index (χ1v) is 8.50. The molecule has 1 aromatic carbocycles. The smallest absolute Gasteiger partial charge is 0.0755 e. The summed E-state index contributed by atoms with van der Waals surface area (Å²) in [5.74, 6) is 1.37. The van der Waals surface area contributed by atoms with E-state index in [4.69, 9.17) is 4.74 Å². The summed E-state index contributed by atoms with van der Waals surface area (Å²) in [5, 5.41) is 3.70. The maximum atomic E-state index is 5.81. The molecule has 0 saturated heterocycles. The summed E-state index contributed by atoms with van der Waals surface area (Å²) in [6.45, 7) is 7.78. The fraction of sp³-hybridized carbons (Fsp3) is 0.684. The molecule has 2 rings (SSSR count). The molecule has 0 amide bonds. The van der Waals surface area contributed by atoms with Crippen molar-refractivity contribution in [1.82, 2.24) is 5.32 Å². The minimum absolute atomic E-state index is 0.362. The van der Waals surface area contributed by atoms with Gasteiger partial charge in [-0.25, -0.2) is 0 Å². The molecule has 1 aromatic rings. The lowest BCUT2D eigenvalue weighted by molar-refractivity contribution is 0.0511. The van der Waals surface area contributed by atoms with Crippen LogP contribution in [-0.2, 0) is 11.2 Å². The Morgan fingerprint density at radius 3 is 2.33 bits per heavy atom. The molecule has 0 spiro atoms. The minimum atomic E-state index is 0.362. The van der Waals surface area contributed by atoms with E-state index in [1.54, 1.807) is 0 Å². The monoisotopic (exact) mass is 289 g/mol. The van der Waals surface area contributed by atoms with Gasteiger partial charge in [0.2, 0.25) is 0 Å². The molecule has 0 aromatic heterocycles. The second-order valence-corrected chi connectivity index (χ2v) is 6.70. The first-order chi connectivity index (χ1) is 10.2. The van der Waals surface area contributed by atoms with Gasteiger partial charge in [0.1, 0.15) is 0 Å².